The van der Waals surface area contributed by atoms with E-state index >= 15 is 0 Å². The summed E-state index contributed by atoms with van der Waals surface area (Å²) in [5.41, 5.74) is 7.03. The molecule has 122 valence electrons. The van der Waals surface area contributed by atoms with Crippen molar-refractivity contribution in [3.63, 3.8) is 0 Å². The lowest BCUT2D eigenvalue weighted by atomic mass is 9.69. The van der Waals surface area contributed by atoms with Crippen LogP contribution in [0.4, 0.5) is 4.39 Å². The zero-order chi connectivity index (χ0) is 15.1. The number of nitrogens with one attached hydrogen (secondary N) is 1. The van der Waals surface area contributed by atoms with Gasteiger partial charge in [0.1, 0.15) is 5.82 Å². The first-order valence-corrected chi connectivity index (χ1v) is 7.57. The Morgan fingerprint density at radius 3 is 2.50 bits per heavy atom. The van der Waals surface area contributed by atoms with Gasteiger partial charge in [0.25, 0.3) is 0 Å². The lowest BCUT2D eigenvalue weighted by Crippen LogP contribution is -2.36. The Bertz CT molecular complexity index is 493. The van der Waals surface area contributed by atoms with Crippen molar-refractivity contribution >= 4 is 29.9 Å². The highest BCUT2D eigenvalue weighted by Gasteiger charge is 2.33. The molecule has 22 heavy (non-hydrogen) atoms. The van der Waals surface area contributed by atoms with E-state index in [2.05, 4.69) is 16.9 Å². The fourth-order valence-corrected chi connectivity index (χ4v) is 3.04. The topological polar surface area (TPSA) is 50.4 Å². The molecule has 0 saturated heterocycles. The van der Waals surface area contributed by atoms with Crippen LogP contribution in [-0.4, -0.2) is 19.0 Å². The van der Waals surface area contributed by atoms with Gasteiger partial charge in [-0.05, 0) is 30.5 Å². The molecule has 1 aliphatic rings. The minimum absolute atomic E-state index is 0. The van der Waals surface area contributed by atoms with Crippen molar-refractivity contribution in [2.45, 2.75) is 37.5 Å². The average Bonchev–Trinajstić information content (AvgIpc) is 2.52. The zero-order valence-electron chi connectivity index (χ0n) is 12.9. The summed E-state index contributed by atoms with van der Waals surface area (Å²) in [4.78, 5) is 4.50. The van der Waals surface area contributed by atoms with Gasteiger partial charge in [0.05, 0.1) is 6.54 Å². The molecule has 0 aromatic heterocycles. The molecule has 0 atom stereocenters. The van der Waals surface area contributed by atoms with E-state index in [4.69, 9.17) is 5.73 Å². The molecule has 3 N–H and O–H groups in total. The van der Waals surface area contributed by atoms with Crippen LogP contribution in [-0.2, 0) is 5.41 Å². The lowest BCUT2D eigenvalue weighted by molar-refractivity contribution is 0.301. The molecule has 0 amide bonds. The van der Waals surface area contributed by atoms with Crippen LogP contribution in [0.3, 0.4) is 0 Å². The molecule has 5 heteroatoms. The van der Waals surface area contributed by atoms with E-state index < -0.39 is 0 Å². The molecule has 0 spiro atoms. The SMILES string of the molecule is C=CCNC(N)=NCC1(c2ccc(F)cc2)CCCCC1.I. The third kappa shape index (κ3) is 4.97. The standard InChI is InChI=1S/C17H24FN3.HI/c1-2-12-20-16(19)21-13-17(10-4-3-5-11-17)14-6-8-15(18)9-7-14;/h2,6-9H,1,3-5,10-13H2,(H3,19,20,21);1H. The Labute approximate surface area is 149 Å². The maximum Gasteiger partial charge on any atom is 0.188 e. The number of aliphatic imine (C=N–C) groups is 1. The maximum absolute atomic E-state index is 13.2. The highest BCUT2D eigenvalue weighted by Crippen LogP contribution is 2.39. The third-order valence-electron chi connectivity index (χ3n) is 4.25. The molecule has 0 bridgehead atoms. The second-order valence-electron chi connectivity index (χ2n) is 5.72. The summed E-state index contributed by atoms with van der Waals surface area (Å²) in [5, 5.41) is 3.00. The lowest BCUT2D eigenvalue weighted by Gasteiger charge is -2.36. The quantitative estimate of drug-likeness (QED) is 0.332. The first-order valence-electron chi connectivity index (χ1n) is 7.57. The summed E-state index contributed by atoms with van der Waals surface area (Å²) < 4.78 is 13.2. The van der Waals surface area contributed by atoms with Crippen LogP contribution in [0, 0.1) is 5.82 Å². The van der Waals surface area contributed by atoms with Gasteiger partial charge in [-0.25, -0.2) is 4.39 Å². The number of guanidine groups is 1. The third-order valence-corrected chi connectivity index (χ3v) is 4.25. The monoisotopic (exact) mass is 417 g/mol. The van der Waals surface area contributed by atoms with E-state index in [0.717, 1.165) is 12.8 Å². The molecule has 3 nitrogen and oxygen atoms in total. The Morgan fingerprint density at radius 1 is 1.27 bits per heavy atom. The number of hydrogen-bond acceptors (Lipinski definition) is 1. The summed E-state index contributed by atoms with van der Waals surface area (Å²) in [5.74, 6) is 0.252. The maximum atomic E-state index is 13.2. The summed E-state index contributed by atoms with van der Waals surface area (Å²) >= 11 is 0. The molecule has 1 aliphatic carbocycles. The molecule has 1 saturated carbocycles. The molecule has 1 aromatic carbocycles. The smallest absolute Gasteiger partial charge is 0.188 e. The van der Waals surface area contributed by atoms with Gasteiger partial charge in [0.2, 0.25) is 0 Å². The van der Waals surface area contributed by atoms with Crippen LogP contribution in [0.1, 0.15) is 37.7 Å². The van der Waals surface area contributed by atoms with E-state index in [-0.39, 0.29) is 35.2 Å². The zero-order valence-corrected chi connectivity index (χ0v) is 15.2. The van der Waals surface area contributed by atoms with E-state index in [1.54, 1.807) is 6.08 Å². The second-order valence-corrected chi connectivity index (χ2v) is 5.72. The van der Waals surface area contributed by atoms with Crippen molar-refractivity contribution in [1.82, 2.24) is 5.32 Å². The predicted molar refractivity (Wildman–Crippen MR) is 101 cm³/mol. The number of rotatable bonds is 5. The summed E-state index contributed by atoms with van der Waals surface area (Å²) in [7, 11) is 0. The van der Waals surface area contributed by atoms with Crippen molar-refractivity contribution in [2.75, 3.05) is 13.1 Å². The molecule has 0 unspecified atom stereocenters. The van der Waals surface area contributed by atoms with Crippen molar-refractivity contribution in [1.29, 1.82) is 0 Å². The fourth-order valence-electron chi connectivity index (χ4n) is 3.04. The minimum atomic E-state index is -0.194. The summed E-state index contributed by atoms with van der Waals surface area (Å²) in [6, 6.07) is 6.86. The Morgan fingerprint density at radius 2 is 1.91 bits per heavy atom. The van der Waals surface area contributed by atoms with Gasteiger partial charge in [-0.3, -0.25) is 4.99 Å². The fraction of sp³-hybridized carbons (Fsp3) is 0.471. The largest absolute Gasteiger partial charge is 0.370 e. The molecule has 2 rings (SSSR count). The van der Waals surface area contributed by atoms with Crippen LogP contribution >= 0.6 is 24.0 Å². The molecular weight excluding hydrogens is 392 g/mol. The number of nitrogens with zero attached hydrogens (tertiary/aromatic N) is 1. The Kier molecular flexibility index (Phi) is 7.85. The van der Waals surface area contributed by atoms with Crippen LogP contribution in [0.25, 0.3) is 0 Å². The normalized spacial score (nSPS) is 17.4. The number of hydrogen-bond donors (Lipinski definition) is 2. The van der Waals surface area contributed by atoms with Crippen LogP contribution in [0.5, 0.6) is 0 Å². The van der Waals surface area contributed by atoms with Gasteiger partial charge in [0, 0.05) is 12.0 Å². The first kappa shape index (κ1) is 18.9. The van der Waals surface area contributed by atoms with Gasteiger partial charge in [-0.2, -0.15) is 0 Å². The van der Waals surface area contributed by atoms with E-state index in [0.29, 0.717) is 19.0 Å². The number of halogens is 2. The van der Waals surface area contributed by atoms with E-state index in [1.165, 1.54) is 37.0 Å². The van der Waals surface area contributed by atoms with Crippen LogP contribution in [0.2, 0.25) is 0 Å². The van der Waals surface area contributed by atoms with Crippen molar-refractivity contribution in [2.24, 2.45) is 10.7 Å². The van der Waals surface area contributed by atoms with Gasteiger partial charge in [0.15, 0.2) is 5.96 Å². The minimum Gasteiger partial charge on any atom is -0.370 e. The molecule has 0 radical (unpaired) electrons. The van der Waals surface area contributed by atoms with E-state index in [1.807, 2.05) is 12.1 Å². The molecule has 1 aromatic rings. The Hall–Kier alpha value is -1.11. The summed E-state index contributed by atoms with van der Waals surface area (Å²) in [6.07, 6.45) is 7.54. The van der Waals surface area contributed by atoms with Gasteiger partial charge < -0.3 is 11.1 Å². The highest BCUT2D eigenvalue weighted by molar-refractivity contribution is 14.0. The van der Waals surface area contributed by atoms with Crippen LogP contribution in [0.15, 0.2) is 41.9 Å². The van der Waals surface area contributed by atoms with Crippen molar-refractivity contribution < 1.29 is 4.39 Å². The number of benzene rings is 1. The highest BCUT2D eigenvalue weighted by atomic mass is 127. The van der Waals surface area contributed by atoms with Gasteiger partial charge in [-0.1, -0.05) is 37.5 Å². The van der Waals surface area contributed by atoms with Gasteiger partial charge >= 0.3 is 0 Å². The second kappa shape index (κ2) is 9.12. The molecule has 1 fully saturated rings. The molecule has 0 heterocycles. The van der Waals surface area contributed by atoms with Gasteiger partial charge in [-0.15, -0.1) is 30.6 Å². The molecule has 0 aliphatic heterocycles. The van der Waals surface area contributed by atoms with Crippen molar-refractivity contribution in [3.8, 4) is 0 Å². The van der Waals surface area contributed by atoms with E-state index in [9.17, 15) is 4.39 Å². The van der Waals surface area contributed by atoms with Crippen molar-refractivity contribution in [3.05, 3.63) is 48.3 Å². The number of nitrogens with two attached hydrogens (primary N) is 1. The molecular formula is C17H25FIN3. The Balaban J connectivity index is 0.00000242. The summed E-state index contributed by atoms with van der Waals surface area (Å²) in [6.45, 7) is 4.90. The first-order chi connectivity index (χ1) is 10.2. The van der Waals surface area contributed by atoms with Crippen LogP contribution < -0.4 is 11.1 Å². The average molecular weight is 417 g/mol. The predicted octanol–water partition coefficient (Wildman–Crippen LogP) is 3.74.